The fourth-order valence-electron chi connectivity index (χ4n) is 9.55. The van der Waals surface area contributed by atoms with E-state index in [0.717, 1.165) is 75.2 Å². The van der Waals surface area contributed by atoms with Crippen molar-refractivity contribution in [3.8, 4) is 11.5 Å². The number of nitrogens with one attached hydrogen (secondary N) is 1. The maximum Gasteiger partial charge on any atom is 0.329 e. The number of rotatable bonds is 13. The predicted octanol–water partition coefficient (Wildman–Crippen LogP) is 8.59. The van der Waals surface area contributed by atoms with Crippen molar-refractivity contribution in [2.24, 2.45) is 11.8 Å². The van der Waals surface area contributed by atoms with Gasteiger partial charge in [-0.3, -0.25) is 9.78 Å². The van der Waals surface area contributed by atoms with Crippen LogP contribution in [0.25, 0.3) is 0 Å². The van der Waals surface area contributed by atoms with Gasteiger partial charge in [0.05, 0.1) is 13.2 Å². The monoisotopic (exact) mass is 713 g/mol. The summed E-state index contributed by atoms with van der Waals surface area (Å²) in [4.78, 5) is 31.6. The van der Waals surface area contributed by atoms with Crippen molar-refractivity contribution in [2.45, 2.75) is 108 Å². The summed E-state index contributed by atoms with van der Waals surface area (Å²) in [6, 6.07) is 15.9. The molecule has 4 aliphatic rings. The Kier molecular flexibility index (Phi) is 10.5. The van der Waals surface area contributed by atoms with Crippen molar-refractivity contribution in [3.63, 3.8) is 0 Å². The molecule has 2 fully saturated rings. The van der Waals surface area contributed by atoms with Crippen LogP contribution in [-0.2, 0) is 27.8 Å². The highest BCUT2D eigenvalue weighted by molar-refractivity contribution is 6.30. The first-order valence-corrected chi connectivity index (χ1v) is 19.5. The summed E-state index contributed by atoms with van der Waals surface area (Å²) < 4.78 is 12.9. The number of carboxylic acid groups (broad SMARTS) is 1. The number of aryl methyl sites for hydroxylation is 1. The van der Waals surface area contributed by atoms with Gasteiger partial charge in [0.1, 0.15) is 17.0 Å². The van der Waals surface area contributed by atoms with Crippen molar-refractivity contribution in [1.29, 1.82) is 0 Å². The number of amides is 1. The maximum absolute atomic E-state index is 13.0. The van der Waals surface area contributed by atoms with Gasteiger partial charge in [0.15, 0.2) is 0 Å². The Balaban J connectivity index is 1.09. The zero-order valence-corrected chi connectivity index (χ0v) is 30.9. The summed E-state index contributed by atoms with van der Waals surface area (Å²) in [5.74, 6) is 2.37. The lowest BCUT2D eigenvalue weighted by Crippen LogP contribution is -2.53. The minimum atomic E-state index is -1.07. The van der Waals surface area contributed by atoms with E-state index in [-0.39, 0.29) is 11.3 Å². The number of halogens is 1. The van der Waals surface area contributed by atoms with Crippen LogP contribution in [0.5, 0.6) is 11.5 Å². The highest BCUT2D eigenvalue weighted by Gasteiger charge is 2.54. The minimum absolute atomic E-state index is 0.162. The van der Waals surface area contributed by atoms with E-state index in [1.807, 2.05) is 29.3 Å². The van der Waals surface area contributed by atoms with Crippen LogP contribution >= 0.6 is 11.6 Å². The Labute approximate surface area is 307 Å². The van der Waals surface area contributed by atoms with Gasteiger partial charge in [-0.2, -0.15) is 0 Å². The average Bonchev–Trinajstić information content (AvgIpc) is 3.66. The van der Waals surface area contributed by atoms with Crippen molar-refractivity contribution < 1.29 is 24.2 Å². The normalized spacial score (nSPS) is 26.1. The van der Waals surface area contributed by atoms with E-state index in [4.69, 9.17) is 21.1 Å². The third-order valence-corrected chi connectivity index (χ3v) is 12.5. The molecular weight excluding hydrogens is 662 g/mol. The number of benzene rings is 2. The van der Waals surface area contributed by atoms with Crippen LogP contribution in [-0.4, -0.2) is 58.7 Å². The molecule has 2 heterocycles. The smallest absolute Gasteiger partial charge is 0.329 e. The van der Waals surface area contributed by atoms with E-state index < -0.39 is 11.5 Å². The summed E-state index contributed by atoms with van der Waals surface area (Å²) in [5, 5.41) is 14.6. The van der Waals surface area contributed by atoms with Gasteiger partial charge < -0.3 is 24.8 Å². The average molecular weight is 714 g/mol. The number of likely N-dealkylation sites (tertiary alicyclic amines) is 1. The van der Waals surface area contributed by atoms with Crippen molar-refractivity contribution in [2.75, 3.05) is 31.6 Å². The summed E-state index contributed by atoms with van der Waals surface area (Å²) in [6.07, 6.45) is 12.1. The molecule has 1 amide bonds. The molecule has 3 aliphatic carbocycles. The number of nitrogens with zero attached hydrogens (tertiary/aromatic N) is 2. The molecule has 1 aromatic heterocycles. The number of hydrogen-bond acceptors (Lipinski definition) is 6. The molecule has 7 rings (SSSR count). The topological polar surface area (TPSA) is 101 Å². The van der Waals surface area contributed by atoms with Crippen LogP contribution in [0.2, 0.25) is 5.02 Å². The van der Waals surface area contributed by atoms with Gasteiger partial charge in [-0.25, -0.2) is 4.79 Å². The maximum atomic E-state index is 13.0. The Morgan fingerprint density at radius 3 is 2.71 bits per heavy atom. The Morgan fingerprint density at radius 1 is 1.10 bits per heavy atom. The Bertz CT molecular complexity index is 1740. The molecule has 1 saturated carbocycles. The molecule has 2 aromatic carbocycles. The zero-order valence-electron chi connectivity index (χ0n) is 30.1. The van der Waals surface area contributed by atoms with Crippen LogP contribution in [0.4, 0.5) is 5.69 Å². The highest BCUT2D eigenvalue weighted by atomic mass is 35.5. The summed E-state index contributed by atoms with van der Waals surface area (Å²) >= 11 is 6.29. The fourth-order valence-corrected chi connectivity index (χ4v) is 9.74. The summed E-state index contributed by atoms with van der Waals surface area (Å²) in [6.45, 7) is 7.33. The summed E-state index contributed by atoms with van der Waals surface area (Å²) in [5.41, 5.74) is 4.61. The SMILES string of the molecule is C[C@@H](COc1ccnc2c1[C@H](C)CCC2)C[C@H]1Cc2ccc(OCCCN3CCCC3=O)cc2C12CCC(Nc1cccc(Cl)c1)(C(=O)O)CC2. The number of carbonyl (C=O) groups excluding carboxylic acids is 1. The number of aliphatic carboxylic acids is 1. The first kappa shape index (κ1) is 35.6. The second kappa shape index (κ2) is 15.1. The molecule has 1 spiro atoms. The predicted molar refractivity (Wildman–Crippen MR) is 200 cm³/mol. The molecule has 272 valence electrons. The lowest BCUT2D eigenvalue weighted by atomic mass is 9.59. The van der Waals surface area contributed by atoms with Gasteiger partial charge in [0.25, 0.3) is 0 Å². The number of hydrogen-bond donors (Lipinski definition) is 2. The van der Waals surface area contributed by atoms with Crippen molar-refractivity contribution >= 4 is 29.2 Å². The Morgan fingerprint density at radius 2 is 1.94 bits per heavy atom. The highest BCUT2D eigenvalue weighted by Crippen LogP contribution is 2.57. The van der Waals surface area contributed by atoms with Crippen LogP contribution in [0.3, 0.4) is 0 Å². The van der Waals surface area contributed by atoms with E-state index in [0.29, 0.717) is 55.3 Å². The third kappa shape index (κ3) is 7.44. The van der Waals surface area contributed by atoms with Gasteiger partial charge in [-0.05, 0) is 141 Å². The largest absolute Gasteiger partial charge is 0.494 e. The number of pyridine rings is 1. The molecule has 0 bridgehead atoms. The second-order valence-corrected chi connectivity index (χ2v) is 16.1. The standard InChI is InChI=1S/C42H52ClN3O5/c1-28(27-51-37-14-19-44-36-10-3-7-29(2)39(36)37)23-31-24-30-12-13-34(50-22-6-21-46-20-5-11-38(46)47)26-35(30)41(31)15-17-42(18-16-41,40(48)49)45-33-9-4-8-32(43)25-33/h4,8-9,12-14,19,25-26,28-29,31,45H,3,5-7,10-11,15-18,20-24,27H2,1-2H3,(H,48,49)/t28-,29-,31+,41?,42?/m1/s1. The van der Waals surface area contributed by atoms with Crippen LogP contribution in [0, 0.1) is 11.8 Å². The number of fused-ring (bicyclic) bond motifs is 3. The fraction of sp³-hybridized carbons (Fsp3) is 0.548. The van der Waals surface area contributed by atoms with E-state index in [9.17, 15) is 14.7 Å². The quantitative estimate of drug-likeness (QED) is 0.171. The van der Waals surface area contributed by atoms with Crippen LogP contribution < -0.4 is 14.8 Å². The minimum Gasteiger partial charge on any atom is -0.494 e. The van der Waals surface area contributed by atoms with Gasteiger partial charge in [0, 0.05) is 47.7 Å². The number of aromatic nitrogens is 1. The lowest BCUT2D eigenvalue weighted by Gasteiger charge is -2.47. The molecule has 1 saturated heterocycles. The molecule has 8 nitrogen and oxygen atoms in total. The number of ether oxygens (including phenoxy) is 2. The first-order valence-electron chi connectivity index (χ1n) is 19.1. The molecule has 0 radical (unpaired) electrons. The van der Waals surface area contributed by atoms with Gasteiger partial charge >= 0.3 is 5.97 Å². The van der Waals surface area contributed by atoms with Gasteiger partial charge in [-0.1, -0.05) is 37.6 Å². The van der Waals surface area contributed by atoms with Crippen LogP contribution in [0.1, 0.15) is 106 Å². The van der Waals surface area contributed by atoms with E-state index in [1.165, 1.54) is 35.2 Å². The molecule has 9 heteroatoms. The zero-order chi connectivity index (χ0) is 35.6. The third-order valence-electron chi connectivity index (χ3n) is 12.3. The van der Waals surface area contributed by atoms with Crippen molar-refractivity contribution in [3.05, 3.63) is 82.1 Å². The van der Waals surface area contributed by atoms with E-state index in [1.54, 1.807) is 12.1 Å². The first-order chi connectivity index (χ1) is 24.7. The van der Waals surface area contributed by atoms with E-state index in [2.05, 4.69) is 42.3 Å². The van der Waals surface area contributed by atoms with Gasteiger partial charge in [0.2, 0.25) is 5.91 Å². The van der Waals surface area contributed by atoms with Gasteiger partial charge in [-0.15, -0.1) is 0 Å². The molecule has 2 N–H and O–H groups in total. The molecule has 3 atom stereocenters. The Hall–Kier alpha value is -3.78. The molecule has 0 unspecified atom stereocenters. The summed E-state index contributed by atoms with van der Waals surface area (Å²) in [7, 11) is 0. The number of anilines is 1. The lowest BCUT2D eigenvalue weighted by molar-refractivity contribution is -0.144. The molecular formula is C42H52ClN3O5. The number of carboxylic acids is 1. The van der Waals surface area contributed by atoms with Crippen molar-refractivity contribution in [1.82, 2.24) is 9.88 Å². The molecule has 1 aliphatic heterocycles. The second-order valence-electron chi connectivity index (χ2n) is 15.7. The molecule has 3 aromatic rings. The molecule has 51 heavy (non-hydrogen) atoms. The van der Waals surface area contributed by atoms with E-state index >= 15 is 0 Å². The number of carbonyl (C=O) groups is 2. The van der Waals surface area contributed by atoms with Crippen LogP contribution in [0.15, 0.2) is 54.7 Å².